The molecule has 0 atom stereocenters. The standard InChI is InChI=1S/C21H28N4O4/c1-28-12-11-25-9-7-16(8-10-25)14-22-20(26)15-23-21(27)18-13-19(29-24-18)17-5-3-2-4-6-17/h2-6,13,16H,7-12,14-15H2,1H3,(H,22,26)(H,23,27). The lowest BCUT2D eigenvalue weighted by Crippen LogP contribution is -2.42. The number of amides is 2. The number of carbonyl (C=O) groups is 2. The minimum atomic E-state index is -0.433. The molecule has 3 rings (SSSR count). The van der Waals surface area contributed by atoms with Gasteiger partial charge in [0.05, 0.1) is 13.2 Å². The molecule has 0 spiro atoms. The average molecular weight is 400 g/mol. The molecule has 0 unspecified atom stereocenters. The SMILES string of the molecule is COCCN1CCC(CNC(=O)CNC(=O)c2cc(-c3ccccc3)on2)CC1. The number of hydrogen-bond acceptors (Lipinski definition) is 6. The summed E-state index contributed by atoms with van der Waals surface area (Å²) in [6.45, 7) is 4.30. The number of rotatable bonds is 9. The Morgan fingerprint density at radius 1 is 1.21 bits per heavy atom. The maximum Gasteiger partial charge on any atom is 0.273 e. The fourth-order valence-electron chi connectivity index (χ4n) is 3.33. The summed E-state index contributed by atoms with van der Waals surface area (Å²) < 4.78 is 10.3. The summed E-state index contributed by atoms with van der Waals surface area (Å²) in [6.07, 6.45) is 2.11. The Balaban J connectivity index is 1.36. The van der Waals surface area contributed by atoms with E-state index in [0.29, 0.717) is 18.2 Å². The number of carbonyl (C=O) groups excluding carboxylic acids is 2. The van der Waals surface area contributed by atoms with Gasteiger partial charge in [-0.1, -0.05) is 35.5 Å². The molecule has 8 nitrogen and oxygen atoms in total. The highest BCUT2D eigenvalue weighted by molar-refractivity contribution is 5.95. The summed E-state index contributed by atoms with van der Waals surface area (Å²) in [5.41, 5.74) is 0.991. The highest BCUT2D eigenvalue weighted by atomic mass is 16.5. The first-order chi connectivity index (χ1) is 14.2. The summed E-state index contributed by atoms with van der Waals surface area (Å²) in [6, 6.07) is 11.0. The van der Waals surface area contributed by atoms with Crippen molar-refractivity contribution < 1.29 is 18.8 Å². The summed E-state index contributed by atoms with van der Waals surface area (Å²) in [4.78, 5) is 26.6. The Hall–Kier alpha value is -2.71. The Bertz CT molecular complexity index is 785. The van der Waals surface area contributed by atoms with Gasteiger partial charge in [0.2, 0.25) is 5.91 Å². The molecule has 1 aliphatic heterocycles. The first kappa shape index (κ1) is 21.0. The van der Waals surface area contributed by atoms with Crippen LogP contribution in [-0.2, 0) is 9.53 Å². The summed E-state index contributed by atoms with van der Waals surface area (Å²) in [7, 11) is 1.71. The van der Waals surface area contributed by atoms with Gasteiger partial charge in [0, 0.05) is 31.8 Å². The van der Waals surface area contributed by atoms with Crippen molar-refractivity contribution in [3.63, 3.8) is 0 Å². The average Bonchev–Trinajstić information content (AvgIpc) is 3.26. The molecule has 1 fully saturated rings. The van der Waals surface area contributed by atoms with Crippen LogP contribution in [0.4, 0.5) is 0 Å². The van der Waals surface area contributed by atoms with Crippen molar-refractivity contribution in [1.82, 2.24) is 20.7 Å². The number of nitrogens with zero attached hydrogens (tertiary/aromatic N) is 2. The number of nitrogens with one attached hydrogen (secondary N) is 2. The molecule has 0 saturated carbocycles. The molecule has 0 bridgehead atoms. The molecule has 0 radical (unpaired) electrons. The number of benzene rings is 1. The zero-order chi connectivity index (χ0) is 20.5. The van der Waals surface area contributed by atoms with Crippen molar-refractivity contribution in [3.05, 3.63) is 42.1 Å². The molecular weight excluding hydrogens is 372 g/mol. The summed E-state index contributed by atoms with van der Waals surface area (Å²) in [5.74, 6) is 0.346. The van der Waals surface area contributed by atoms with E-state index in [9.17, 15) is 9.59 Å². The molecule has 2 N–H and O–H groups in total. The lowest BCUT2D eigenvalue weighted by atomic mass is 9.97. The lowest BCUT2D eigenvalue weighted by molar-refractivity contribution is -0.120. The zero-order valence-electron chi connectivity index (χ0n) is 16.7. The van der Waals surface area contributed by atoms with Gasteiger partial charge in [-0.2, -0.15) is 0 Å². The van der Waals surface area contributed by atoms with Crippen molar-refractivity contribution in [1.29, 1.82) is 0 Å². The fraction of sp³-hybridized carbons (Fsp3) is 0.476. The molecule has 2 aromatic rings. The van der Waals surface area contributed by atoms with Crippen LogP contribution >= 0.6 is 0 Å². The van der Waals surface area contributed by atoms with Crippen LogP contribution in [0.15, 0.2) is 40.9 Å². The maximum atomic E-state index is 12.2. The zero-order valence-corrected chi connectivity index (χ0v) is 16.7. The van der Waals surface area contributed by atoms with E-state index in [1.54, 1.807) is 13.2 Å². The lowest BCUT2D eigenvalue weighted by Gasteiger charge is -2.31. The van der Waals surface area contributed by atoms with Crippen LogP contribution in [0.2, 0.25) is 0 Å². The van der Waals surface area contributed by atoms with E-state index in [4.69, 9.17) is 9.26 Å². The van der Waals surface area contributed by atoms with Crippen LogP contribution in [0.5, 0.6) is 0 Å². The third-order valence-electron chi connectivity index (χ3n) is 5.12. The van der Waals surface area contributed by atoms with E-state index in [2.05, 4.69) is 20.7 Å². The van der Waals surface area contributed by atoms with Crippen molar-refractivity contribution in [3.8, 4) is 11.3 Å². The van der Waals surface area contributed by atoms with Gasteiger partial charge in [-0.05, 0) is 31.8 Å². The van der Waals surface area contributed by atoms with Gasteiger partial charge in [-0.15, -0.1) is 0 Å². The first-order valence-corrected chi connectivity index (χ1v) is 9.94. The summed E-state index contributed by atoms with van der Waals surface area (Å²) >= 11 is 0. The number of likely N-dealkylation sites (tertiary alicyclic amines) is 1. The van der Waals surface area contributed by atoms with Crippen molar-refractivity contribution in [2.75, 3.05) is 46.4 Å². The molecule has 1 aromatic carbocycles. The Morgan fingerprint density at radius 2 is 1.97 bits per heavy atom. The van der Waals surface area contributed by atoms with Crippen LogP contribution in [-0.4, -0.2) is 68.3 Å². The minimum absolute atomic E-state index is 0.0843. The van der Waals surface area contributed by atoms with E-state index in [-0.39, 0.29) is 18.1 Å². The van der Waals surface area contributed by atoms with Gasteiger partial charge < -0.3 is 24.8 Å². The molecule has 0 aliphatic carbocycles. The Labute approximate surface area is 170 Å². The fourth-order valence-corrected chi connectivity index (χ4v) is 3.33. The number of ether oxygens (including phenoxy) is 1. The van der Waals surface area contributed by atoms with Crippen molar-refractivity contribution in [2.24, 2.45) is 5.92 Å². The second-order valence-electron chi connectivity index (χ2n) is 7.21. The van der Waals surface area contributed by atoms with E-state index in [0.717, 1.165) is 44.6 Å². The van der Waals surface area contributed by atoms with Gasteiger partial charge >= 0.3 is 0 Å². The highest BCUT2D eigenvalue weighted by Crippen LogP contribution is 2.19. The number of aromatic nitrogens is 1. The molecule has 2 heterocycles. The third kappa shape index (κ3) is 6.40. The topological polar surface area (TPSA) is 96.7 Å². The van der Waals surface area contributed by atoms with Crippen molar-refractivity contribution >= 4 is 11.8 Å². The largest absolute Gasteiger partial charge is 0.383 e. The molecule has 1 saturated heterocycles. The predicted molar refractivity (Wildman–Crippen MR) is 108 cm³/mol. The van der Waals surface area contributed by atoms with Crippen molar-refractivity contribution in [2.45, 2.75) is 12.8 Å². The molecule has 8 heteroatoms. The molecule has 1 aliphatic rings. The second-order valence-corrected chi connectivity index (χ2v) is 7.21. The molecule has 156 valence electrons. The number of hydrogen-bond donors (Lipinski definition) is 2. The summed E-state index contributed by atoms with van der Waals surface area (Å²) in [5, 5.41) is 9.28. The van der Waals surface area contributed by atoms with E-state index in [1.165, 1.54) is 0 Å². The minimum Gasteiger partial charge on any atom is -0.383 e. The number of methoxy groups -OCH3 is 1. The van der Waals surface area contributed by atoms with Gasteiger partial charge in [-0.3, -0.25) is 9.59 Å². The monoisotopic (exact) mass is 400 g/mol. The molecule has 29 heavy (non-hydrogen) atoms. The van der Waals surface area contributed by atoms with E-state index in [1.807, 2.05) is 30.3 Å². The molecule has 1 aromatic heterocycles. The molecular formula is C21H28N4O4. The Kier molecular flexibility index (Phi) is 7.77. The third-order valence-corrected chi connectivity index (χ3v) is 5.12. The quantitative estimate of drug-likeness (QED) is 0.663. The van der Waals surface area contributed by atoms with Crippen LogP contribution < -0.4 is 10.6 Å². The number of piperidine rings is 1. The van der Waals surface area contributed by atoms with Gasteiger partial charge in [0.25, 0.3) is 5.91 Å². The smallest absolute Gasteiger partial charge is 0.273 e. The van der Waals surface area contributed by atoms with E-state index >= 15 is 0 Å². The van der Waals surface area contributed by atoms with Gasteiger partial charge in [0.15, 0.2) is 11.5 Å². The normalized spacial score (nSPS) is 15.2. The maximum absolute atomic E-state index is 12.2. The van der Waals surface area contributed by atoms with Crippen LogP contribution in [0.1, 0.15) is 23.3 Å². The predicted octanol–water partition coefficient (Wildman–Crippen LogP) is 1.55. The first-order valence-electron chi connectivity index (χ1n) is 9.94. The van der Waals surface area contributed by atoms with Gasteiger partial charge in [0.1, 0.15) is 0 Å². The molecule has 2 amide bonds. The Morgan fingerprint density at radius 3 is 2.69 bits per heavy atom. The van der Waals surface area contributed by atoms with E-state index < -0.39 is 5.91 Å². The second kappa shape index (κ2) is 10.7. The van der Waals surface area contributed by atoms with Crippen LogP contribution in [0, 0.1) is 5.92 Å². The van der Waals surface area contributed by atoms with Crippen LogP contribution in [0.3, 0.4) is 0 Å². The van der Waals surface area contributed by atoms with Crippen LogP contribution in [0.25, 0.3) is 11.3 Å². The van der Waals surface area contributed by atoms with Gasteiger partial charge in [-0.25, -0.2) is 0 Å². The highest BCUT2D eigenvalue weighted by Gasteiger charge is 2.20.